The Labute approximate surface area is 258 Å². The van der Waals surface area contributed by atoms with E-state index >= 15 is 0 Å². The Morgan fingerprint density at radius 1 is 0.909 bits per heavy atom. The van der Waals surface area contributed by atoms with Gasteiger partial charge in [0.2, 0.25) is 0 Å². The van der Waals surface area contributed by atoms with E-state index < -0.39 is 93.9 Å². The molecule has 2 aliphatic heterocycles. The molecule has 10 nitrogen and oxygen atoms in total. The molecule has 5 saturated carbocycles. The Balaban J connectivity index is 1.44. The van der Waals surface area contributed by atoms with Crippen LogP contribution in [0.3, 0.4) is 0 Å². The number of Topliss-reactive ketones (excluding diaryl/α,β-unsaturated/α-hetero) is 1. The van der Waals surface area contributed by atoms with Crippen LogP contribution < -0.4 is 0 Å². The van der Waals surface area contributed by atoms with Crippen molar-refractivity contribution in [1.82, 2.24) is 0 Å². The summed E-state index contributed by atoms with van der Waals surface area (Å²) in [6.45, 7) is 18.5. The van der Waals surface area contributed by atoms with Crippen molar-refractivity contribution < 1.29 is 48.7 Å². The van der Waals surface area contributed by atoms with Crippen LogP contribution >= 0.6 is 0 Å². The van der Waals surface area contributed by atoms with Gasteiger partial charge in [-0.3, -0.25) is 14.4 Å². The van der Waals surface area contributed by atoms with Crippen LogP contribution in [-0.4, -0.2) is 81.4 Å². The molecule has 5 aliphatic carbocycles. The van der Waals surface area contributed by atoms with E-state index in [1.54, 1.807) is 6.92 Å². The molecule has 44 heavy (non-hydrogen) atoms. The van der Waals surface area contributed by atoms with Gasteiger partial charge in [-0.25, -0.2) is 0 Å². The molecule has 0 amide bonds. The third-order valence-corrected chi connectivity index (χ3v) is 14.5. The van der Waals surface area contributed by atoms with Crippen LogP contribution in [0.4, 0.5) is 0 Å². The van der Waals surface area contributed by atoms with Crippen molar-refractivity contribution in [2.24, 2.45) is 63.6 Å². The fourth-order valence-electron chi connectivity index (χ4n) is 12.8. The average Bonchev–Trinajstić information content (AvgIpc) is 3.61. The van der Waals surface area contributed by atoms with Gasteiger partial charge in [-0.05, 0) is 43.4 Å². The van der Waals surface area contributed by atoms with Crippen molar-refractivity contribution in [1.29, 1.82) is 0 Å². The summed E-state index contributed by atoms with van der Waals surface area (Å²) >= 11 is 0. The van der Waals surface area contributed by atoms with Crippen molar-refractivity contribution in [3.8, 4) is 0 Å². The van der Waals surface area contributed by atoms with Gasteiger partial charge < -0.3 is 34.3 Å². The second-order valence-electron chi connectivity index (χ2n) is 16.2. The zero-order valence-corrected chi connectivity index (χ0v) is 27.0. The Morgan fingerprint density at radius 2 is 1.52 bits per heavy atom. The highest BCUT2D eigenvalue weighted by atomic mass is 16.6. The molecule has 0 bridgehead atoms. The molecule has 7 aliphatic rings. The van der Waals surface area contributed by atoms with Gasteiger partial charge >= 0.3 is 11.9 Å². The van der Waals surface area contributed by atoms with E-state index in [1.807, 2.05) is 27.7 Å². The Hall–Kier alpha value is -2.01. The van der Waals surface area contributed by atoms with E-state index in [0.29, 0.717) is 12.8 Å². The molecule has 0 aromatic rings. The van der Waals surface area contributed by atoms with Gasteiger partial charge in [-0.2, -0.15) is 0 Å². The number of epoxide rings is 1. The van der Waals surface area contributed by atoms with Gasteiger partial charge in [0, 0.05) is 53.8 Å². The normalized spacial score (nSPS) is 60.0. The Kier molecular flexibility index (Phi) is 6.32. The summed E-state index contributed by atoms with van der Waals surface area (Å²) in [7, 11) is 0. The quantitative estimate of drug-likeness (QED) is 0.312. The number of ether oxygens (including phenoxy) is 4. The molecular formula is C34H48O10. The first kappa shape index (κ1) is 30.6. The summed E-state index contributed by atoms with van der Waals surface area (Å²) in [5.41, 5.74) is -4.19. The predicted molar refractivity (Wildman–Crippen MR) is 154 cm³/mol. The van der Waals surface area contributed by atoms with E-state index in [9.17, 15) is 29.7 Å². The van der Waals surface area contributed by atoms with Crippen LogP contribution in [0.1, 0.15) is 68.2 Å². The Morgan fingerprint density at radius 3 is 2.14 bits per heavy atom. The van der Waals surface area contributed by atoms with Crippen molar-refractivity contribution in [2.45, 2.75) is 117 Å². The number of carbonyl (C=O) groups excluding carboxylic acids is 3. The monoisotopic (exact) mass is 616 g/mol. The first-order valence-electron chi connectivity index (χ1n) is 16.3. The molecular weight excluding hydrogens is 568 g/mol. The lowest BCUT2D eigenvalue weighted by molar-refractivity contribution is -0.252. The predicted octanol–water partition coefficient (Wildman–Crippen LogP) is 2.41. The van der Waals surface area contributed by atoms with Crippen molar-refractivity contribution in [3.63, 3.8) is 0 Å². The zero-order chi connectivity index (χ0) is 32.2. The third kappa shape index (κ3) is 3.34. The highest BCUT2D eigenvalue weighted by Gasteiger charge is 2.82. The maximum atomic E-state index is 14.3. The minimum atomic E-state index is -1.45. The van der Waals surface area contributed by atoms with Gasteiger partial charge in [-0.1, -0.05) is 41.2 Å². The number of aliphatic hydroxyl groups excluding tert-OH is 2. The molecule has 0 radical (unpaired) electrons. The van der Waals surface area contributed by atoms with Crippen LogP contribution in [0, 0.1) is 63.6 Å². The number of hydrogen-bond donors (Lipinski definition) is 3. The molecule has 0 spiro atoms. The molecule has 2 heterocycles. The molecule has 3 N–H and O–H groups in total. The van der Waals surface area contributed by atoms with Crippen LogP contribution in [0.25, 0.3) is 0 Å². The summed E-state index contributed by atoms with van der Waals surface area (Å²) in [6, 6.07) is 0. The number of esters is 2. The molecule has 10 heteroatoms. The minimum absolute atomic E-state index is 0.00454. The molecule has 2 saturated heterocycles. The summed E-state index contributed by atoms with van der Waals surface area (Å²) in [5.74, 6) is -4.57. The zero-order valence-electron chi connectivity index (χ0n) is 27.0. The second kappa shape index (κ2) is 9.07. The number of aliphatic hydroxyl groups is 3. The standard InChI is InChI=1S/C34H48O10/c1-12-10-19-33(8,34(9,40)14(3)41-19)24-21(12)32(7)23(27(24)39)20-22(13(2)29(32)42-15(4)35)31(6)17(25(37)26(20)38)11-18-28(44-18)30(31)43-16(5)36/h12-13,17-24,26-30,38-40H,3,10-11H2,1-2,4-9H3/t12-,13+,17-,18+,19+,20-,21+,22?,23-,24+,26-,27-,28+,29+,30+,31+,32-,33+,34-/m1/s1. The fraction of sp³-hybridized carbons (Fsp3) is 0.853. The average molecular weight is 617 g/mol. The van der Waals surface area contributed by atoms with Crippen LogP contribution in [-0.2, 0) is 33.3 Å². The summed E-state index contributed by atoms with van der Waals surface area (Å²) in [4.78, 5) is 39.6. The molecule has 19 atom stereocenters. The third-order valence-electron chi connectivity index (χ3n) is 14.5. The van der Waals surface area contributed by atoms with Gasteiger partial charge in [0.25, 0.3) is 0 Å². The number of fused-ring (bicyclic) bond motifs is 10. The molecule has 1 unspecified atom stereocenters. The van der Waals surface area contributed by atoms with Crippen molar-refractivity contribution in [3.05, 3.63) is 12.3 Å². The smallest absolute Gasteiger partial charge is 0.303 e. The second-order valence-corrected chi connectivity index (χ2v) is 16.2. The SMILES string of the molecule is C=C1O[C@H]2C[C@@H](C)[C@H]3[C@@H]([C@H](O)[C@H]4[C@H]5C([C@H](C)[C@H](OC(C)=O)[C@]34C)[C@]3(C)[C@H](C[C@@H]4O[C@@H]4[C@@H]3OC(C)=O)C(=O)[C@@H]5O)[C@@]2(C)[C@]1(C)O. The summed E-state index contributed by atoms with van der Waals surface area (Å²) in [5, 5.41) is 36.7. The van der Waals surface area contributed by atoms with Crippen molar-refractivity contribution >= 4 is 17.7 Å². The maximum absolute atomic E-state index is 14.3. The number of hydrogen-bond acceptors (Lipinski definition) is 10. The largest absolute Gasteiger partial charge is 0.492 e. The lowest BCUT2D eigenvalue weighted by Crippen LogP contribution is -2.72. The Bertz CT molecular complexity index is 1330. The number of carbonyl (C=O) groups is 3. The molecule has 7 fully saturated rings. The van der Waals surface area contributed by atoms with Gasteiger partial charge in [0.1, 0.15) is 41.9 Å². The lowest BCUT2D eigenvalue weighted by Gasteiger charge is -2.65. The van der Waals surface area contributed by atoms with Crippen molar-refractivity contribution in [2.75, 3.05) is 0 Å². The van der Waals surface area contributed by atoms with E-state index in [4.69, 9.17) is 18.9 Å². The molecule has 0 aromatic carbocycles. The van der Waals surface area contributed by atoms with Crippen LogP contribution in [0.5, 0.6) is 0 Å². The van der Waals surface area contributed by atoms with E-state index in [0.717, 1.165) is 0 Å². The molecule has 244 valence electrons. The van der Waals surface area contributed by atoms with E-state index in [1.165, 1.54) is 13.8 Å². The first-order chi connectivity index (χ1) is 20.4. The highest BCUT2D eigenvalue weighted by Crippen LogP contribution is 2.76. The molecule has 7 rings (SSSR count). The van der Waals surface area contributed by atoms with Crippen LogP contribution in [0.15, 0.2) is 12.3 Å². The fourth-order valence-corrected chi connectivity index (χ4v) is 12.8. The lowest BCUT2D eigenvalue weighted by atomic mass is 9.39. The maximum Gasteiger partial charge on any atom is 0.303 e. The van der Waals surface area contributed by atoms with Crippen LogP contribution in [0.2, 0.25) is 0 Å². The topological polar surface area (TPSA) is 152 Å². The van der Waals surface area contributed by atoms with Gasteiger partial charge in [-0.15, -0.1) is 0 Å². The van der Waals surface area contributed by atoms with Gasteiger partial charge in [0.15, 0.2) is 5.78 Å². The van der Waals surface area contributed by atoms with Gasteiger partial charge in [0.05, 0.1) is 12.2 Å². The summed E-state index contributed by atoms with van der Waals surface area (Å²) < 4.78 is 24.4. The summed E-state index contributed by atoms with van der Waals surface area (Å²) in [6.07, 6.45) is -3.81. The highest BCUT2D eigenvalue weighted by molar-refractivity contribution is 5.88. The van der Waals surface area contributed by atoms with E-state index in [2.05, 4.69) is 13.5 Å². The number of ketones is 1. The van der Waals surface area contributed by atoms with E-state index in [-0.39, 0.29) is 41.5 Å². The number of rotatable bonds is 2. The first-order valence-corrected chi connectivity index (χ1v) is 16.3. The minimum Gasteiger partial charge on any atom is -0.492 e. The molecule has 0 aromatic heterocycles.